The lowest BCUT2D eigenvalue weighted by molar-refractivity contribution is -0.376. The van der Waals surface area contributed by atoms with E-state index < -0.39 is 40.6 Å². The minimum absolute atomic E-state index is 0.122. The maximum Gasteiger partial charge on any atom is 0.337 e. The molecule has 0 amide bonds. The number of allylic oxidation sites excluding steroid dienone is 2. The zero-order chi connectivity index (χ0) is 22.6. The molecule has 0 aromatic rings. The quantitative estimate of drug-likeness (QED) is 0.511. The van der Waals surface area contributed by atoms with Gasteiger partial charge in [-0.2, -0.15) is 0 Å². The molecular formula is C23H32O8. The number of aliphatic hydroxyl groups is 2. The van der Waals surface area contributed by atoms with Crippen molar-refractivity contribution < 1.29 is 38.7 Å². The molecule has 1 saturated heterocycles. The van der Waals surface area contributed by atoms with E-state index in [9.17, 15) is 19.8 Å². The molecule has 172 valence electrons. The number of carbonyl (C=O) groups excluding carboxylic acids is 2. The van der Waals surface area contributed by atoms with Gasteiger partial charge in [-0.15, -0.1) is 0 Å². The van der Waals surface area contributed by atoms with Gasteiger partial charge in [0.25, 0.3) is 0 Å². The van der Waals surface area contributed by atoms with Gasteiger partial charge in [0, 0.05) is 31.8 Å². The monoisotopic (exact) mass is 436 g/mol. The van der Waals surface area contributed by atoms with Crippen molar-refractivity contribution in [2.45, 2.75) is 57.3 Å². The number of hydrogen-bond acceptors (Lipinski definition) is 8. The van der Waals surface area contributed by atoms with E-state index in [1.165, 1.54) is 14.2 Å². The van der Waals surface area contributed by atoms with Crippen LogP contribution in [0.2, 0.25) is 0 Å². The molecule has 4 aliphatic rings. The first kappa shape index (κ1) is 22.3. The van der Waals surface area contributed by atoms with Crippen molar-refractivity contribution in [3.63, 3.8) is 0 Å². The molecule has 0 radical (unpaired) electrons. The van der Waals surface area contributed by atoms with Gasteiger partial charge in [0.1, 0.15) is 11.2 Å². The smallest absolute Gasteiger partial charge is 0.337 e. The van der Waals surface area contributed by atoms with Crippen LogP contribution in [0.3, 0.4) is 0 Å². The van der Waals surface area contributed by atoms with Crippen LogP contribution in [0.25, 0.3) is 0 Å². The largest absolute Gasteiger partial charge is 0.512 e. The van der Waals surface area contributed by atoms with Crippen LogP contribution in [0.1, 0.15) is 46.0 Å². The van der Waals surface area contributed by atoms with Crippen LogP contribution in [0.5, 0.6) is 0 Å². The summed E-state index contributed by atoms with van der Waals surface area (Å²) in [5.74, 6) is -3.81. The Kier molecular flexibility index (Phi) is 5.47. The third kappa shape index (κ3) is 2.77. The summed E-state index contributed by atoms with van der Waals surface area (Å²) in [6.45, 7) is 4.29. The second-order valence-corrected chi connectivity index (χ2v) is 9.16. The van der Waals surface area contributed by atoms with E-state index >= 15 is 0 Å². The van der Waals surface area contributed by atoms with Crippen molar-refractivity contribution in [2.75, 3.05) is 27.4 Å². The van der Waals surface area contributed by atoms with E-state index in [1.807, 2.05) is 6.92 Å². The molecule has 8 heteroatoms. The Hall–Kier alpha value is -1.90. The van der Waals surface area contributed by atoms with Gasteiger partial charge in [-0.25, -0.2) is 4.79 Å². The van der Waals surface area contributed by atoms with E-state index in [0.29, 0.717) is 19.4 Å². The van der Waals surface area contributed by atoms with Gasteiger partial charge in [-0.05, 0) is 39.0 Å². The summed E-state index contributed by atoms with van der Waals surface area (Å²) in [6.07, 6.45) is 3.28. The first-order valence-corrected chi connectivity index (χ1v) is 11.0. The number of hydrogen-bond donors (Lipinski definition) is 2. The van der Waals surface area contributed by atoms with Crippen LogP contribution in [0.4, 0.5) is 0 Å². The van der Waals surface area contributed by atoms with Crippen LogP contribution in [0, 0.1) is 23.2 Å². The van der Waals surface area contributed by atoms with Crippen molar-refractivity contribution in [3.8, 4) is 0 Å². The van der Waals surface area contributed by atoms with Gasteiger partial charge >= 0.3 is 11.9 Å². The van der Waals surface area contributed by atoms with Crippen LogP contribution in [0.15, 0.2) is 23.0 Å². The molecule has 1 aliphatic heterocycles. The number of carbonyl (C=O) groups is 2. The lowest BCUT2D eigenvalue weighted by Crippen LogP contribution is -2.76. The van der Waals surface area contributed by atoms with E-state index in [0.717, 1.165) is 5.57 Å². The van der Waals surface area contributed by atoms with Gasteiger partial charge in [0.2, 0.25) is 0 Å². The Balaban J connectivity index is 1.90. The topological polar surface area (TPSA) is 112 Å². The highest BCUT2D eigenvalue weighted by Gasteiger charge is 2.77. The van der Waals surface area contributed by atoms with Crippen molar-refractivity contribution in [2.24, 2.45) is 23.2 Å². The summed E-state index contributed by atoms with van der Waals surface area (Å²) in [5, 5.41) is 22.8. The van der Waals surface area contributed by atoms with Crippen molar-refractivity contribution in [3.05, 3.63) is 23.0 Å². The molecule has 2 N–H and O–H groups in total. The van der Waals surface area contributed by atoms with Gasteiger partial charge < -0.3 is 29.2 Å². The average molecular weight is 437 g/mol. The molecule has 4 rings (SSSR count). The van der Waals surface area contributed by atoms with Crippen LogP contribution in [-0.4, -0.2) is 61.0 Å². The molecule has 0 aromatic heterocycles. The normalized spacial score (nSPS) is 41.6. The Morgan fingerprint density at radius 3 is 2.71 bits per heavy atom. The van der Waals surface area contributed by atoms with Crippen molar-refractivity contribution in [1.29, 1.82) is 0 Å². The predicted octanol–water partition coefficient (Wildman–Crippen LogP) is 2.41. The Morgan fingerprint density at radius 2 is 2.06 bits per heavy atom. The predicted molar refractivity (Wildman–Crippen MR) is 109 cm³/mol. The SMILES string of the molecule is CCOC(=O)C1=C(O)CC2(O)C(C1)CC1(OC)OCCC3C(C)=CCC2C31C(=O)OC. The average Bonchev–Trinajstić information content (AvgIpc) is 2.75. The molecule has 0 spiro atoms. The summed E-state index contributed by atoms with van der Waals surface area (Å²) in [4.78, 5) is 26.0. The van der Waals surface area contributed by atoms with Crippen LogP contribution >= 0.6 is 0 Å². The lowest BCUT2D eigenvalue weighted by Gasteiger charge is -2.67. The first-order valence-electron chi connectivity index (χ1n) is 11.0. The molecule has 6 atom stereocenters. The van der Waals surface area contributed by atoms with E-state index in [1.54, 1.807) is 6.92 Å². The van der Waals surface area contributed by atoms with Gasteiger partial charge in [0.05, 0.1) is 31.5 Å². The fourth-order valence-corrected chi connectivity index (χ4v) is 6.89. The fourth-order valence-electron chi connectivity index (χ4n) is 6.89. The van der Waals surface area contributed by atoms with Crippen LogP contribution in [-0.2, 0) is 28.5 Å². The van der Waals surface area contributed by atoms with E-state index in [4.69, 9.17) is 18.9 Å². The second-order valence-electron chi connectivity index (χ2n) is 9.16. The fraction of sp³-hybridized carbons (Fsp3) is 0.739. The summed E-state index contributed by atoms with van der Waals surface area (Å²) >= 11 is 0. The van der Waals surface area contributed by atoms with Gasteiger partial charge in [-0.3, -0.25) is 4.79 Å². The number of rotatable bonds is 4. The highest BCUT2D eigenvalue weighted by Crippen LogP contribution is 2.68. The number of methoxy groups -OCH3 is 2. The summed E-state index contributed by atoms with van der Waals surface area (Å²) in [6, 6.07) is 0. The van der Waals surface area contributed by atoms with Gasteiger partial charge in [-0.1, -0.05) is 11.6 Å². The maximum atomic E-state index is 13.5. The Morgan fingerprint density at radius 1 is 1.32 bits per heavy atom. The molecule has 1 heterocycles. The molecular weight excluding hydrogens is 404 g/mol. The molecule has 0 aromatic carbocycles. The summed E-state index contributed by atoms with van der Waals surface area (Å²) < 4.78 is 22.7. The molecule has 2 fully saturated rings. The van der Waals surface area contributed by atoms with Gasteiger partial charge in [0.15, 0.2) is 5.79 Å². The lowest BCUT2D eigenvalue weighted by atomic mass is 9.42. The minimum atomic E-state index is -1.42. The Bertz CT molecular complexity index is 847. The highest BCUT2D eigenvalue weighted by atomic mass is 16.7. The molecule has 0 bridgehead atoms. The minimum Gasteiger partial charge on any atom is -0.512 e. The molecule has 8 nitrogen and oxygen atoms in total. The van der Waals surface area contributed by atoms with E-state index in [-0.39, 0.29) is 43.1 Å². The van der Waals surface area contributed by atoms with Crippen molar-refractivity contribution >= 4 is 11.9 Å². The number of fused-ring (bicyclic) bond motifs is 2. The third-order valence-electron chi connectivity index (χ3n) is 8.15. The van der Waals surface area contributed by atoms with Crippen LogP contribution < -0.4 is 0 Å². The standard InChI is InChI=1S/C23H32O8/c1-5-30-19(25)15-10-14-11-22(29-4)23(20(26)28-3)16(8-9-31-22)13(2)6-7-18(23)21(14,27)12-17(15)24/h6,14,16,18,24,27H,5,7-12H2,1-4H3. The summed E-state index contributed by atoms with van der Waals surface area (Å²) in [7, 11) is 2.86. The third-order valence-corrected chi connectivity index (χ3v) is 8.15. The molecule has 3 aliphatic carbocycles. The summed E-state index contributed by atoms with van der Waals surface area (Å²) in [5.41, 5.74) is -1.45. The molecule has 6 unspecified atom stereocenters. The zero-order valence-electron chi connectivity index (χ0n) is 18.6. The number of esters is 2. The molecule has 1 saturated carbocycles. The number of ether oxygens (including phenoxy) is 4. The van der Waals surface area contributed by atoms with E-state index in [2.05, 4.69) is 6.08 Å². The second kappa shape index (κ2) is 7.60. The molecule has 31 heavy (non-hydrogen) atoms. The highest BCUT2D eigenvalue weighted by molar-refractivity contribution is 5.89. The first-order chi connectivity index (χ1) is 14.7. The number of aliphatic hydroxyl groups excluding tert-OH is 1. The zero-order valence-corrected chi connectivity index (χ0v) is 18.6. The Labute approximate surface area is 182 Å². The van der Waals surface area contributed by atoms with Crippen molar-refractivity contribution in [1.82, 2.24) is 0 Å². The maximum absolute atomic E-state index is 13.5.